The second kappa shape index (κ2) is 13.1. The Balaban J connectivity index is 1.50. The van der Waals surface area contributed by atoms with Crippen LogP contribution in [0.2, 0.25) is 0 Å². The van der Waals surface area contributed by atoms with Gasteiger partial charge in [0.25, 0.3) is 27.9 Å². The van der Waals surface area contributed by atoms with E-state index in [-0.39, 0.29) is 16.1 Å². The van der Waals surface area contributed by atoms with E-state index >= 15 is 0 Å². The van der Waals surface area contributed by atoms with Gasteiger partial charge in [0.15, 0.2) is 6.10 Å². The number of nitriles is 1. The Morgan fingerprint density at radius 1 is 1.11 bits per heavy atom. The minimum absolute atomic E-state index is 0.124. The number of amides is 3. The summed E-state index contributed by atoms with van der Waals surface area (Å²) in [6.45, 7) is 0. The van der Waals surface area contributed by atoms with Crippen molar-refractivity contribution in [2.24, 2.45) is 0 Å². The number of benzene rings is 3. The first kappa shape index (κ1) is 32.9. The summed E-state index contributed by atoms with van der Waals surface area (Å²) in [5.41, 5.74) is 0.661. The summed E-state index contributed by atoms with van der Waals surface area (Å²) in [6.07, 6.45) is -3.06. The van der Waals surface area contributed by atoms with E-state index in [0.717, 1.165) is 4.90 Å². The molecule has 1 heterocycles. The molecule has 0 radical (unpaired) electrons. The average molecular weight is 813 g/mol. The summed E-state index contributed by atoms with van der Waals surface area (Å²) < 4.78 is 59.5. The zero-order valence-corrected chi connectivity index (χ0v) is 27.7. The molecule has 45 heavy (non-hydrogen) atoms. The molecule has 0 bridgehead atoms. The third-order valence-corrected chi connectivity index (χ3v) is 10.2. The summed E-state index contributed by atoms with van der Waals surface area (Å²) in [7, 11) is -4.39. The van der Waals surface area contributed by atoms with Gasteiger partial charge in [-0.1, -0.05) is 40.2 Å². The van der Waals surface area contributed by atoms with Crippen molar-refractivity contribution in [1.29, 1.82) is 5.26 Å². The molecule has 2 N–H and O–H groups in total. The van der Waals surface area contributed by atoms with Gasteiger partial charge in [0.2, 0.25) is 5.91 Å². The first-order valence-electron chi connectivity index (χ1n) is 13.5. The maximum Gasteiger partial charge on any atom is 0.297 e. The lowest BCUT2D eigenvalue weighted by Crippen LogP contribution is -2.55. The first-order chi connectivity index (χ1) is 21.3. The quantitative estimate of drug-likeness (QED) is 0.238. The van der Waals surface area contributed by atoms with Crippen LogP contribution in [-0.2, 0) is 28.7 Å². The van der Waals surface area contributed by atoms with Crippen LogP contribution < -0.4 is 15.5 Å². The summed E-state index contributed by atoms with van der Waals surface area (Å²) in [5, 5.41) is 14.7. The Bertz CT molecular complexity index is 1800. The highest BCUT2D eigenvalue weighted by Gasteiger charge is 2.48. The molecule has 1 saturated carbocycles. The number of anilines is 1. The Kier molecular flexibility index (Phi) is 9.59. The Morgan fingerprint density at radius 3 is 2.44 bits per heavy atom. The lowest BCUT2D eigenvalue weighted by Gasteiger charge is -2.38. The van der Waals surface area contributed by atoms with E-state index in [2.05, 4.69) is 26.6 Å². The number of carbonyl (C=O) groups is 3. The molecule has 234 valence electrons. The highest BCUT2D eigenvalue weighted by atomic mass is 127. The van der Waals surface area contributed by atoms with Crippen molar-refractivity contribution in [2.75, 3.05) is 4.90 Å². The number of halogens is 4. The van der Waals surface area contributed by atoms with Crippen LogP contribution in [0.4, 0.5) is 14.5 Å². The van der Waals surface area contributed by atoms with Gasteiger partial charge in [-0.2, -0.15) is 13.7 Å². The highest BCUT2D eigenvalue weighted by molar-refractivity contribution is 14.1. The molecule has 5 rings (SSSR count). The molecule has 1 saturated heterocycles. The van der Waals surface area contributed by atoms with Crippen molar-refractivity contribution >= 4 is 72.0 Å². The van der Waals surface area contributed by atoms with Crippen LogP contribution >= 0.6 is 38.5 Å². The number of nitrogens with one attached hydrogen (secondary N) is 2. The van der Waals surface area contributed by atoms with E-state index in [4.69, 9.17) is 4.18 Å². The maximum atomic E-state index is 14.3. The van der Waals surface area contributed by atoms with Gasteiger partial charge in [-0.25, -0.2) is 8.78 Å². The summed E-state index contributed by atoms with van der Waals surface area (Å²) >= 11 is 5.21. The monoisotopic (exact) mass is 812 g/mol. The van der Waals surface area contributed by atoms with E-state index < -0.39 is 77.3 Å². The predicted molar refractivity (Wildman–Crippen MR) is 169 cm³/mol. The molecule has 1 unspecified atom stereocenters. The molecule has 2 fully saturated rings. The van der Waals surface area contributed by atoms with Crippen LogP contribution in [0.15, 0.2) is 82.2 Å². The van der Waals surface area contributed by atoms with E-state index in [9.17, 15) is 36.8 Å². The van der Waals surface area contributed by atoms with Crippen molar-refractivity contribution in [3.63, 3.8) is 0 Å². The van der Waals surface area contributed by atoms with Crippen LogP contribution in [-0.4, -0.2) is 50.2 Å². The molecular formula is C30H24BrF2IN4O6S. The molecule has 2 aliphatic rings. The second-order valence-corrected chi connectivity index (χ2v) is 14.2. The van der Waals surface area contributed by atoms with Crippen LogP contribution in [0.25, 0.3) is 0 Å². The van der Waals surface area contributed by atoms with Gasteiger partial charge in [-0.05, 0) is 76.7 Å². The number of nitrogens with zero attached hydrogens (tertiary/aromatic N) is 2. The Labute approximate surface area is 279 Å². The predicted octanol–water partition coefficient (Wildman–Crippen LogP) is 4.58. The Hall–Kier alpha value is -3.46. The number of carbonyl (C=O) groups excluding carboxylic acids is 3. The second-order valence-electron chi connectivity index (χ2n) is 10.6. The summed E-state index contributed by atoms with van der Waals surface area (Å²) in [4.78, 5) is 42.0. The van der Waals surface area contributed by atoms with E-state index in [1.165, 1.54) is 48.5 Å². The molecule has 0 spiro atoms. The zero-order valence-electron chi connectivity index (χ0n) is 23.1. The fourth-order valence-corrected chi connectivity index (χ4v) is 7.13. The van der Waals surface area contributed by atoms with Crippen LogP contribution in [0, 0.1) is 14.9 Å². The van der Waals surface area contributed by atoms with E-state index in [1.807, 2.05) is 28.7 Å². The summed E-state index contributed by atoms with van der Waals surface area (Å²) in [5.74, 6) is -5.31. The fourth-order valence-electron chi connectivity index (χ4n) is 5.13. The van der Waals surface area contributed by atoms with Gasteiger partial charge >= 0.3 is 0 Å². The third kappa shape index (κ3) is 7.35. The van der Waals surface area contributed by atoms with Gasteiger partial charge in [-0.3, -0.25) is 23.5 Å². The van der Waals surface area contributed by atoms with Crippen molar-refractivity contribution in [3.8, 4) is 6.07 Å². The lowest BCUT2D eigenvalue weighted by atomic mass is 9.87. The molecule has 3 atom stereocenters. The molecule has 10 nitrogen and oxygen atoms in total. The summed E-state index contributed by atoms with van der Waals surface area (Å²) in [6, 6.07) is 16.6. The van der Waals surface area contributed by atoms with Crippen molar-refractivity contribution in [2.45, 2.75) is 54.3 Å². The molecule has 1 aliphatic carbocycles. The number of hydrogen-bond acceptors (Lipinski definition) is 7. The zero-order chi connectivity index (χ0) is 32.5. The molecule has 3 aromatic rings. The first-order valence-corrected chi connectivity index (χ1v) is 16.8. The SMILES string of the molecule is N#Cc1cccc(N(C(=O)[C@@H]2C[C@@H](OS(=O)(=O)c3ccc(Br)cc3)C(=O)N2)C(C(=O)NC2CC(F)(F)C2)c2ccccc2I)c1. The van der Waals surface area contributed by atoms with Crippen molar-refractivity contribution in [1.82, 2.24) is 10.6 Å². The number of rotatable bonds is 9. The molecule has 3 aromatic carbocycles. The van der Waals surface area contributed by atoms with E-state index in [1.54, 1.807) is 24.3 Å². The highest BCUT2D eigenvalue weighted by Crippen LogP contribution is 2.39. The van der Waals surface area contributed by atoms with Crippen molar-refractivity contribution in [3.05, 3.63) is 92.0 Å². The van der Waals surface area contributed by atoms with Crippen molar-refractivity contribution < 1.29 is 35.8 Å². The smallest absolute Gasteiger partial charge is 0.297 e. The van der Waals surface area contributed by atoms with Gasteiger partial charge < -0.3 is 10.6 Å². The number of alkyl halides is 2. The standard InChI is InChI=1S/C30H24BrF2IN4O6S/c31-18-8-10-21(11-9-18)45(42,43)44-25-13-24(37-27(25)39)29(41)38(20-5-3-4-17(12-20)16-35)26(22-6-1-2-7-23(22)34)28(40)36-19-14-30(32,33)15-19/h1-12,19,24-26H,13-15H2,(H,36,40)(H,37,39)/t24-,25+,26?/m0/s1. The minimum atomic E-state index is -4.39. The molecule has 0 aromatic heterocycles. The average Bonchev–Trinajstić information content (AvgIpc) is 3.34. The third-order valence-electron chi connectivity index (χ3n) is 7.34. The van der Waals surface area contributed by atoms with Gasteiger partial charge in [0, 0.05) is 39.0 Å². The molecule has 1 aliphatic heterocycles. The topological polar surface area (TPSA) is 146 Å². The number of hydrogen-bond donors (Lipinski definition) is 2. The maximum absolute atomic E-state index is 14.3. The van der Waals surface area contributed by atoms with Gasteiger partial charge in [-0.15, -0.1) is 0 Å². The molecule has 15 heteroatoms. The Morgan fingerprint density at radius 2 is 1.80 bits per heavy atom. The normalized spacial score (nSPS) is 19.9. The van der Waals surface area contributed by atoms with Gasteiger partial charge in [0.05, 0.1) is 16.5 Å². The van der Waals surface area contributed by atoms with Crippen LogP contribution in [0.1, 0.15) is 36.4 Å². The van der Waals surface area contributed by atoms with Gasteiger partial charge in [0.1, 0.15) is 12.1 Å². The molecular weight excluding hydrogens is 789 g/mol. The largest absolute Gasteiger partial charge is 0.351 e. The minimum Gasteiger partial charge on any atom is -0.351 e. The fraction of sp³-hybridized carbons (Fsp3) is 0.267. The van der Waals surface area contributed by atoms with Crippen LogP contribution in [0.5, 0.6) is 0 Å². The lowest BCUT2D eigenvalue weighted by molar-refractivity contribution is -0.133. The molecule has 3 amide bonds. The van der Waals surface area contributed by atoms with Crippen LogP contribution in [0.3, 0.4) is 0 Å². The van der Waals surface area contributed by atoms with E-state index in [0.29, 0.717) is 13.6 Å².